The number of benzene rings is 5. The number of thioether (sulfide) groups is 1. The van der Waals surface area contributed by atoms with E-state index in [-0.39, 0.29) is 39.1 Å². The molecule has 2 unspecified atom stereocenters. The number of sulfone groups is 1. The zero-order valence-corrected chi connectivity index (χ0v) is 59.8. The van der Waals surface area contributed by atoms with Crippen LogP contribution in [0.2, 0.25) is 5.02 Å². The number of piperazine rings is 1. The molecule has 5 aromatic rings. The summed E-state index contributed by atoms with van der Waals surface area (Å²) in [6.45, 7) is 11.3. The largest absolute Gasteiger partial charge is 0.501 e. The van der Waals surface area contributed by atoms with Gasteiger partial charge in [-0.25, -0.2) is 8.42 Å². The standard InChI is InChI=1S/C74H93ClF3N9O9S3/c1-3-15-67(71(92)80-53-89)83(2)72(93)63-18-14-19-65(64(63)51-88)79-36-13-8-6-4-5-7-12-20-69(90)87-38-34-73(35-39-87)33-31-62(54-21-25-57(75)26-22-54)56(49-73)50-85-40-42-86(43-41-85)59-27-23-55(24-28-59)70(91)82-98-61-29-30-66(68(48-61)99(94,95)74(76,77)78)81-58(32-37-84-44-46-96-47-45-84)52-97-60-16-10-9-11-17-60/h9-11,14,16-19,21-30,48,51,53,58,67,79,81H,3-8,12-13,15,20,31-47,49-50,52H2,1-2H3,(H,82,91)(H,80,89,92). The molecule has 534 valence electrons. The second-order valence-electron chi connectivity index (χ2n) is 26.2. The Kier molecular flexibility index (Phi) is 28.6. The van der Waals surface area contributed by atoms with Gasteiger partial charge in [-0.15, -0.1) is 11.8 Å². The number of carbonyl (C=O) groups excluding carboxylic acids is 6. The maximum absolute atomic E-state index is 14.3. The van der Waals surface area contributed by atoms with Gasteiger partial charge in [0.05, 0.1) is 30.0 Å². The predicted octanol–water partition coefficient (Wildman–Crippen LogP) is 13.3. The number of piperidine rings is 1. The molecule has 0 saturated carbocycles. The molecule has 9 rings (SSSR count). The molecule has 3 fully saturated rings. The molecular formula is C74H93ClF3N9O9S3. The minimum Gasteiger partial charge on any atom is -0.384 e. The Hall–Kier alpha value is -6.93. The predicted molar refractivity (Wildman–Crippen MR) is 387 cm³/mol. The fraction of sp³-hybridized carbons (Fsp3) is 0.486. The quantitative estimate of drug-likeness (QED) is 0.0131. The number of nitrogens with one attached hydrogen (secondary N) is 4. The highest BCUT2D eigenvalue weighted by molar-refractivity contribution is 7.99. The number of ether oxygens (including phenoxy) is 1. The van der Waals surface area contributed by atoms with Crippen LogP contribution in [-0.2, 0) is 29.0 Å². The average Bonchev–Trinajstić information content (AvgIpc) is 0.756. The van der Waals surface area contributed by atoms with E-state index in [2.05, 4.69) is 52.4 Å². The van der Waals surface area contributed by atoms with Gasteiger partial charge in [0.15, 0.2) is 6.29 Å². The number of anilines is 3. The number of carbonyl (C=O) groups is 6. The number of unbranched alkanes of at least 4 members (excludes halogenated alkanes) is 6. The number of rotatable bonds is 34. The van der Waals surface area contributed by atoms with Gasteiger partial charge in [0.25, 0.3) is 21.7 Å². The van der Waals surface area contributed by atoms with Crippen LogP contribution in [0.3, 0.4) is 0 Å². The van der Waals surface area contributed by atoms with Crippen LogP contribution in [0.4, 0.5) is 30.2 Å². The maximum atomic E-state index is 14.3. The summed E-state index contributed by atoms with van der Waals surface area (Å²) in [6, 6.07) is 32.6. The number of halogens is 4. The van der Waals surface area contributed by atoms with E-state index >= 15 is 0 Å². The number of likely N-dealkylation sites (N-methyl/N-ethyl adjacent to an activating group) is 1. The van der Waals surface area contributed by atoms with Crippen LogP contribution in [0.5, 0.6) is 0 Å². The first-order valence-electron chi connectivity index (χ1n) is 34.6. The Morgan fingerprint density at radius 3 is 2.13 bits per heavy atom. The molecular weight excluding hydrogens is 1350 g/mol. The summed E-state index contributed by atoms with van der Waals surface area (Å²) in [5.74, 6) is -0.837. The van der Waals surface area contributed by atoms with Gasteiger partial charge in [-0.3, -0.25) is 48.6 Å². The highest BCUT2D eigenvalue weighted by Gasteiger charge is 2.48. The van der Waals surface area contributed by atoms with Gasteiger partial charge in [-0.05, 0) is 165 Å². The second-order valence-corrected chi connectivity index (χ2v) is 30.5. The number of hydrogen-bond donors (Lipinski definition) is 4. The summed E-state index contributed by atoms with van der Waals surface area (Å²) in [4.78, 5) is 87.0. The molecule has 5 aromatic carbocycles. The van der Waals surface area contributed by atoms with Crippen LogP contribution in [0, 0.1) is 5.41 Å². The average molecular weight is 1440 g/mol. The third kappa shape index (κ3) is 21.3. The van der Waals surface area contributed by atoms with Crippen LogP contribution in [0.25, 0.3) is 5.57 Å². The third-order valence-corrected chi connectivity index (χ3v) is 23.3. The number of likely N-dealkylation sites (tertiary alicyclic amines) is 1. The van der Waals surface area contributed by atoms with Crippen molar-refractivity contribution < 1.29 is 55.1 Å². The fourth-order valence-corrected chi connectivity index (χ4v) is 16.5. The zero-order valence-electron chi connectivity index (χ0n) is 56.6. The van der Waals surface area contributed by atoms with Gasteiger partial charge in [0.2, 0.25) is 18.2 Å². The monoisotopic (exact) mass is 1440 g/mol. The Morgan fingerprint density at radius 2 is 1.45 bits per heavy atom. The van der Waals surface area contributed by atoms with E-state index in [1.165, 1.54) is 52.6 Å². The Morgan fingerprint density at radius 1 is 0.758 bits per heavy atom. The second kappa shape index (κ2) is 37.1. The Labute approximate surface area is 594 Å². The minimum absolute atomic E-state index is 0.116. The maximum Gasteiger partial charge on any atom is 0.501 e. The highest BCUT2D eigenvalue weighted by Crippen LogP contribution is 2.49. The molecule has 1 spiro atoms. The lowest BCUT2D eigenvalue weighted by Gasteiger charge is -2.46. The summed E-state index contributed by atoms with van der Waals surface area (Å²) in [6.07, 6.45) is 14.8. The lowest BCUT2D eigenvalue weighted by atomic mass is 9.65. The number of alkyl halides is 3. The highest BCUT2D eigenvalue weighted by atomic mass is 35.5. The van der Waals surface area contributed by atoms with Gasteiger partial charge in [-0.2, -0.15) is 13.2 Å². The van der Waals surface area contributed by atoms with Crippen LogP contribution in [-0.4, -0.2) is 180 Å². The first-order valence-corrected chi connectivity index (χ1v) is 38.3. The first kappa shape index (κ1) is 76.3. The minimum atomic E-state index is -5.80. The number of morpholine rings is 1. The van der Waals surface area contributed by atoms with Crippen molar-refractivity contribution in [3.63, 3.8) is 0 Å². The van der Waals surface area contributed by atoms with Crippen LogP contribution in [0.1, 0.15) is 146 Å². The van der Waals surface area contributed by atoms with Gasteiger partial charge >= 0.3 is 5.51 Å². The molecule has 99 heavy (non-hydrogen) atoms. The van der Waals surface area contributed by atoms with Gasteiger partial charge < -0.3 is 30.1 Å². The number of amides is 5. The molecule has 3 aliphatic heterocycles. The fourth-order valence-electron chi connectivity index (χ4n) is 13.7. The van der Waals surface area contributed by atoms with Crippen LogP contribution >= 0.6 is 35.3 Å². The van der Waals surface area contributed by atoms with Crippen molar-refractivity contribution in [3.05, 3.63) is 148 Å². The third-order valence-electron chi connectivity index (χ3n) is 19.5. The number of imide groups is 1. The lowest BCUT2D eigenvalue weighted by Crippen LogP contribution is -2.48. The number of nitrogens with zero attached hydrogens (tertiary/aromatic N) is 5. The molecule has 1 aliphatic carbocycles. The molecule has 4 aliphatic rings. The zero-order chi connectivity index (χ0) is 70.4. The summed E-state index contributed by atoms with van der Waals surface area (Å²) >= 11 is 8.66. The molecule has 4 N–H and O–H groups in total. The Bertz CT molecular complexity index is 3660. The van der Waals surface area contributed by atoms with Gasteiger partial charge in [-0.1, -0.05) is 99.0 Å². The Balaban J connectivity index is 0.709. The van der Waals surface area contributed by atoms with Crippen molar-refractivity contribution in [3.8, 4) is 0 Å². The normalized spacial score (nSPS) is 16.8. The molecule has 3 heterocycles. The van der Waals surface area contributed by atoms with Crippen molar-refractivity contribution in [2.45, 2.75) is 142 Å². The van der Waals surface area contributed by atoms with E-state index in [0.29, 0.717) is 86.7 Å². The molecule has 3 saturated heterocycles. The molecule has 18 nitrogen and oxygen atoms in total. The van der Waals surface area contributed by atoms with Crippen LogP contribution < -0.4 is 25.6 Å². The summed E-state index contributed by atoms with van der Waals surface area (Å²) < 4.78 is 77.5. The van der Waals surface area contributed by atoms with Crippen LogP contribution in [0.15, 0.2) is 136 Å². The number of aldehydes is 1. The molecule has 0 aromatic heterocycles. The topological polar surface area (TPSA) is 210 Å². The summed E-state index contributed by atoms with van der Waals surface area (Å²) in [7, 11) is -4.30. The molecule has 0 bridgehead atoms. The van der Waals surface area contributed by atoms with E-state index in [1.807, 2.05) is 61.5 Å². The summed E-state index contributed by atoms with van der Waals surface area (Å²) in [5, 5.41) is 9.31. The van der Waals surface area contributed by atoms with Crippen molar-refractivity contribution in [2.75, 3.05) is 114 Å². The van der Waals surface area contributed by atoms with E-state index in [1.54, 1.807) is 30.3 Å². The first-order chi connectivity index (χ1) is 47.8. The lowest BCUT2D eigenvalue weighted by molar-refractivity contribution is -0.134. The molecule has 25 heteroatoms. The van der Waals surface area contributed by atoms with E-state index < -0.39 is 44.0 Å². The van der Waals surface area contributed by atoms with E-state index in [4.69, 9.17) is 16.3 Å². The van der Waals surface area contributed by atoms with Crippen molar-refractivity contribution in [1.29, 1.82) is 0 Å². The van der Waals surface area contributed by atoms with Gasteiger partial charge in [0, 0.05) is 129 Å². The smallest absolute Gasteiger partial charge is 0.384 e. The van der Waals surface area contributed by atoms with E-state index in [0.717, 1.165) is 165 Å². The van der Waals surface area contributed by atoms with E-state index in [9.17, 15) is 50.4 Å². The molecule has 0 radical (unpaired) electrons. The number of hydrogen-bond acceptors (Lipinski definition) is 16. The number of allylic oxidation sites excluding steroid dienone is 1. The SMILES string of the molecule is CCCC(C(=O)NC=O)N(C)C(=O)c1cccc(NCCCCCCCCCC(=O)N2CCC3(CCC(c4ccc(Cl)cc4)=C(CN4CCN(c5ccc(C(=O)NSc6ccc(NC(CCN7CCOCC7)CSc7ccccc7)c(S(=O)(=O)C(F)(F)F)c6)cc5)CC4)C3)CC2)c1C=O. The van der Waals surface area contributed by atoms with Crippen molar-refractivity contribution in [1.82, 2.24) is 29.6 Å². The van der Waals surface area contributed by atoms with Gasteiger partial charge in [0.1, 0.15) is 10.9 Å². The molecule has 5 amide bonds. The summed E-state index contributed by atoms with van der Waals surface area (Å²) in [5.41, 5.74) is 0.670. The molecule has 2 atom stereocenters. The van der Waals surface area contributed by atoms with Crippen molar-refractivity contribution >= 4 is 104 Å². The van der Waals surface area contributed by atoms with Crippen molar-refractivity contribution in [2.24, 2.45) is 5.41 Å².